The zero-order valence-electron chi connectivity index (χ0n) is 13.7. The molecule has 0 bridgehead atoms. The number of unbranched alkanes of at least 4 members (excludes halogenated alkanes) is 1. The number of carbonyl (C=O) groups excluding carboxylic acids is 1. The zero-order valence-corrected chi connectivity index (χ0v) is 13.7. The minimum Gasteiger partial charge on any atom is -0.463 e. The molecule has 6 heteroatoms. The summed E-state index contributed by atoms with van der Waals surface area (Å²) in [6.07, 6.45) is 3.81. The van der Waals surface area contributed by atoms with Crippen molar-refractivity contribution in [3.8, 4) is 0 Å². The molecule has 1 fully saturated rings. The van der Waals surface area contributed by atoms with Gasteiger partial charge in [0.1, 0.15) is 5.69 Å². The van der Waals surface area contributed by atoms with Crippen molar-refractivity contribution in [1.29, 1.82) is 0 Å². The van der Waals surface area contributed by atoms with Crippen LogP contribution in [-0.2, 0) is 11.3 Å². The Labute approximate surface area is 136 Å². The number of rotatable bonds is 7. The molecule has 0 unspecified atom stereocenters. The highest BCUT2D eigenvalue weighted by molar-refractivity contribution is 5.97. The Morgan fingerprint density at radius 2 is 2.13 bits per heavy atom. The molecule has 1 aliphatic rings. The SMILES string of the molecule is CCCCn1c(C(=O)NCCN2CCOCC2)cc2occc21. The van der Waals surface area contributed by atoms with Gasteiger partial charge in [-0.25, -0.2) is 0 Å². The van der Waals surface area contributed by atoms with Gasteiger partial charge in [-0.1, -0.05) is 13.3 Å². The number of carbonyl (C=O) groups is 1. The highest BCUT2D eigenvalue weighted by Crippen LogP contribution is 2.21. The monoisotopic (exact) mass is 319 g/mol. The van der Waals surface area contributed by atoms with Crippen LogP contribution in [-0.4, -0.2) is 54.8 Å². The van der Waals surface area contributed by atoms with Crippen molar-refractivity contribution in [2.24, 2.45) is 0 Å². The van der Waals surface area contributed by atoms with Crippen molar-refractivity contribution in [3.63, 3.8) is 0 Å². The van der Waals surface area contributed by atoms with E-state index in [0.717, 1.165) is 63.3 Å². The lowest BCUT2D eigenvalue weighted by Crippen LogP contribution is -2.41. The van der Waals surface area contributed by atoms with Gasteiger partial charge in [0.2, 0.25) is 0 Å². The Bertz CT molecular complexity index is 641. The highest BCUT2D eigenvalue weighted by Gasteiger charge is 2.17. The van der Waals surface area contributed by atoms with E-state index in [-0.39, 0.29) is 5.91 Å². The average molecular weight is 319 g/mol. The first-order valence-corrected chi connectivity index (χ1v) is 8.44. The predicted molar refractivity (Wildman–Crippen MR) is 88.7 cm³/mol. The molecule has 6 nitrogen and oxygen atoms in total. The molecule has 0 saturated carbocycles. The molecular formula is C17H25N3O3. The third-order valence-electron chi connectivity index (χ3n) is 4.31. The maximum atomic E-state index is 12.5. The van der Waals surface area contributed by atoms with Crippen LogP contribution in [0.2, 0.25) is 0 Å². The minimum atomic E-state index is -0.0271. The fourth-order valence-electron chi connectivity index (χ4n) is 2.97. The lowest BCUT2D eigenvalue weighted by atomic mass is 10.3. The Morgan fingerprint density at radius 3 is 2.91 bits per heavy atom. The molecule has 0 spiro atoms. The van der Waals surface area contributed by atoms with E-state index in [9.17, 15) is 4.79 Å². The third-order valence-corrected chi connectivity index (χ3v) is 4.31. The summed E-state index contributed by atoms with van der Waals surface area (Å²) in [5.74, 6) is -0.0271. The fraction of sp³-hybridized carbons (Fsp3) is 0.588. The van der Waals surface area contributed by atoms with Crippen molar-refractivity contribution in [2.45, 2.75) is 26.3 Å². The molecule has 0 aromatic carbocycles. The Kier molecular flexibility index (Phi) is 5.35. The number of aromatic nitrogens is 1. The molecule has 3 heterocycles. The normalized spacial score (nSPS) is 16.0. The first-order valence-electron chi connectivity index (χ1n) is 8.44. The van der Waals surface area contributed by atoms with Gasteiger partial charge in [0, 0.05) is 44.9 Å². The van der Waals surface area contributed by atoms with E-state index in [2.05, 4.69) is 21.7 Å². The van der Waals surface area contributed by atoms with Crippen LogP contribution in [0.15, 0.2) is 22.8 Å². The maximum absolute atomic E-state index is 12.5. The van der Waals surface area contributed by atoms with Crippen LogP contribution in [0.25, 0.3) is 11.1 Å². The van der Waals surface area contributed by atoms with E-state index in [4.69, 9.17) is 9.15 Å². The molecule has 1 N–H and O–H groups in total. The fourth-order valence-corrected chi connectivity index (χ4v) is 2.97. The lowest BCUT2D eigenvalue weighted by molar-refractivity contribution is 0.0383. The number of hydrogen-bond donors (Lipinski definition) is 1. The summed E-state index contributed by atoms with van der Waals surface area (Å²) < 4.78 is 12.8. The largest absolute Gasteiger partial charge is 0.463 e. The van der Waals surface area contributed by atoms with Gasteiger partial charge in [0.15, 0.2) is 5.58 Å². The summed E-state index contributed by atoms with van der Waals surface area (Å²) in [6, 6.07) is 3.77. The topological polar surface area (TPSA) is 59.6 Å². The van der Waals surface area contributed by atoms with Crippen LogP contribution in [0.5, 0.6) is 0 Å². The number of hydrogen-bond acceptors (Lipinski definition) is 4. The van der Waals surface area contributed by atoms with Gasteiger partial charge in [-0.15, -0.1) is 0 Å². The molecule has 0 aliphatic carbocycles. The van der Waals surface area contributed by atoms with Crippen LogP contribution in [0.1, 0.15) is 30.3 Å². The number of ether oxygens (including phenoxy) is 1. The number of nitrogens with zero attached hydrogens (tertiary/aromatic N) is 2. The molecule has 126 valence electrons. The predicted octanol–water partition coefficient (Wildman–Crippen LogP) is 2.10. The molecule has 23 heavy (non-hydrogen) atoms. The van der Waals surface area contributed by atoms with Crippen molar-refractivity contribution in [2.75, 3.05) is 39.4 Å². The van der Waals surface area contributed by atoms with Gasteiger partial charge in [-0.3, -0.25) is 9.69 Å². The van der Waals surface area contributed by atoms with Crippen LogP contribution < -0.4 is 5.32 Å². The van der Waals surface area contributed by atoms with Gasteiger partial charge in [0.05, 0.1) is 25.0 Å². The number of fused-ring (bicyclic) bond motifs is 1. The van der Waals surface area contributed by atoms with Crippen LogP contribution >= 0.6 is 0 Å². The molecule has 1 aliphatic heterocycles. The molecule has 0 atom stereocenters. The average Bonchev–Trinajstić information content (AvgIpc) is 3.15. The van der Waals surface area contributed by atoms with E-state index in [0.29, 0.717) is 12.2 Å². The zero-order chi connectivity index (χ0) is 16.1. The summed E-state index contributed by atoms with van der Waals surface area (Å²) in [5, 5.41) is 3.03. The first-order chi connectivity index (χ1) is 11.3. The van der Waals surface area contributed by atoms with Crippen molar-refractivity contribution >= 4 is 17.0 Å². The van der Waals surface area contributed by atoms with Gasteiger partial charge < -0.3 is 19.0 Å². The lowest BCUT2D eigenvalue weighted by Gasteiger charge is -2.26. The third kappa shape index (κ3) is 3.76. The van der Waals surface area contributed by atoms with Crippen molar-refractivity contribution < 1.29 is 13.9 Å². The Morgan fingerprint density at radius 1 is 1.30 bits per heavy atom. The van der Waals surface area contributed by atoms with E-state index in [1.165, 1.54) is 0 Å². The van der Waals surface area contributed by atoms with Crippen molar-refractivity contribution in [1.82, 2.24) is 14.8 Å². The molecule has 2 aromatic heterocycles. The molecule has 2 aromatic rings. The van der Waals surface area contributed by atoms with Crippen LogP contribution in [0, 0.1) is 0 Å². The summed E-state index contributed by atoms with van der Waals surface area (Å²) in [5.41, 5.74) is 2.46. The summed E-state index contributed by atoms with van der Waals surface area (Å²) >= 11 is 0. The van der Waals surface area contributed by atoms with Gasteiger partial charge in [-0.05, 0) is 6.42 Å². The molecule has 0 radical (unpaired) electrons. The van der Waals surface area contributed by atoms with E-state index in [1.807, 2.05) is 12.1 Å². The van der Waals surface area contributed by atoms with Gasteiger partial charge in [-0.2, -0.15) is 0 Å². The maximum Gasteiger partial charge on any atom is 0.268 e. The summed E-state index contributed by atoms with van der Waals surface area (Å²) in [7, 11) is 0. The molecular weight excluding hydrogens is 294 g/mol. The number of furan rings is 1. The number of morpholine rings is 1. The molecule has 1 saturated heterocycles. The number of nitrogens with one attached hydrogen (secondary N) is 1. The van der Waals surface area contributed by atoms with E-state index >= 15 is 0 Å². The van der Waals surface area contributed by atoms with E-state index in [1.54, 1.807) is 6.26 Å². The Balaban J connectivity index is 1.61. The van der Waals surface area contributed by atoms with Gasteiger partial charge >= 0.3 is 0 Å². The smallest absolute Gasteiger partial charge is 0.268 e. The first kappa shape index (κ1) is 16.1. The molecule has 1 amide bonds. The van der Waals surface area contributed by atoms with E-state index < -0.39 is 0 Å². The second-order valence-corrected chi connectivity index (χ2v) is 5.91. The van der Waals surface area contributed by atoms with Gasteiger partial charge in [0.25, 0.3) is 5.91 Å². The van der Waals surface area contributed by atoms with Crippen LogP contribution in [0.4, 0.5) is 0 Å². The minimum absolute atomic E-state index is 0.0271. The second kappa shape index (κ2) is 7.66. The Hall–Kier alpha value is -1.79. The highest BCUT2D eigenvalue weighted by atomic mass is 16.5. The quantitative estimate of drug-likeness (QED) is 0.849. The second-order valence-electron chi connectivity index (χ2n) is 5.91. The van der Waals surface area contributed by atoms with Crippen molar-refractivity contribution in [3.05, 3.63) is 24.1 Å². The number of aryl methyl sites for hydroxylation is 1. The van der Waals surface area contributed by atoms with Crippen LogP contribution in [0.3, 0.4) is 0 Å². The number of amides is 1. The molecule has 3 rings (SSSR count). The standard InChI is InChI=1S/C17H25N3O3/c1-2-3-6-20-14-4-10-23-16(14)13-15(20)17(21)18-5-7-19-8-11-22-12-9-19/h4,10,13H,2-3,5-9,11-12H2,1H3,(H,18,21). The summed E-state index contributed by atoms with van der Waals surface area (Å²) in [6.45, 7) is 7.95. The summed E-state index contributed by atoms with van der Waals surface area (Å²) in [4.78, 5) is 14.8.